The van der Waals surface area contributed by atoms with Gasteiger partial charge in [0.15, 0.2) is 5.60 Å². The molecule has 2 heterocycles. The van der Waals surface area contributed by atoms with Crippen molar-refractivity contribution in [1.29, 1.82) is 0 Å². The Morgan fingerprint density at radius 3 is 2.25 bits per heavy atom. The van der Waals surface area contributed by atoms with Gasteiger partial charge in [-0.05, 0) is 31.0 Å². The van der Waals surface area contributed by atoms with E-state index in [2.05, 4.69) is 0 Å². The summed E-state index contributed by atoms with van der Waals surface area (Å²) in [5.74, 6) is -1.93. The zero-order valence-corrected chi connectivity index (χ0v) is 12.4. The van der Waals surface area contributed by atoms with E-state index >= 15 is 0 Å². The maximum absolute atomic E-state index is 13.2. The van der Waals surface area contributed by atoms with E-state index < -0.39 is 42.3 Å². The molecular weight excluding hydrogens is 332 g/mol. The first-order valence-electron chi connectivity index (χ1n) is 7.30. The number of halogens is 4. The summed E-state index contributed by atoms with van der Waals surface area (Å²) < 4.78 is 51.5. The predicted octanol–water partition coefficient (Wildman–Crippen LogP) is 1.77. The van der Waals surface area contributed by atoms with Crippen molar-refractivity contribution in [3.63, 3.8) is 0 Å². The van der Waals surface area contributed by atoms with E-state index in [1.54, 1.807) is 0 Å². The summed E-state index contributed by atoms with van der Waals surface area (Å²) in [7, 11) is 0. The van der Waals surface area contributed by atoms with Crippen LogP contribution >= 0.6 is 0 Å². The number of alkyl halides is 3. The lowest BCUT2D eigenvalue weighted by Crippen LogP contribution is -2.55. The molecule has 0 spiro atoms. The van der Waals surface area contributed by atoms with Gasteiger partial charge in [-0.3, -0.25) is 19.4 Å². The van der Waals surface area contributed by atoms with Crippen molar-refractivity contribution in [2.45, 2.75) is 24.6 Å². The number of aliphatic hydroxyl groups is 1. The van der Waals surface area contributed by atoms with Crippen LogP contribution in [0.3, 0.4) is 0 Å². The predicted molar refractivity (Wildman–Crippen MR) is 73.6 cm³/mol. The molecule has 5 nitrogen and oxygen atoms in total. The molecule has 0 radical (unpaired) electrons. The van der Waals surface area contributed by atoms with Gasteiger partial charge in [-0.25, -0.2) is 4.39 Å². The van der Waals surface area contributed by atoms with E-state index in [0.29, 0.717) is 0 Å². The van der Waals surface area contributed by atoms with Crippen LogP contribution in [0, 0.1) is 5.82 Å². The number of benzene rings is 1. The number of hydrogen-bond acceptors (Lipinski definition) is 4. The number of carbonyl (C=O) groups excluding carboxylic acids is 2. The van der Waals surface area contributed by atoms with Gasteiger partial charge < -0.3 is 5.11 Å². The smallest absolute Gasteiger partial charge is 0.380 e. The normalized spacial score (nSPS) is 21.3. The Morgan fingerprint density at radius 1 is 1.08 bits per heavy atom. The third-order valence-corrected chi connectivity index (χ3v) is 4.49. The highest BCUT2D eigenvalue weighted by atomic mass is 19.4. The second-order valence-electron chi connectivity index (χ2n) is 6.02. The third-order valence-electron chi connectivity index (χ3n) is 4.49. The summed E-state index contributed by atoms with van der Waals surface area (Å²) >= 11 is 0. The standard InChI is InChI=1S/C15H14F4N2O3/c16-9-1-2-10-11(7-9)13(23)21(12(10)22)8-20-5-3-14(24,4-6-20)15(17,18)19/h1-2,7,24H,3-6,8H2. The Morgan fingerprint density at radius 2 is 1.67 bits per heavy atom. The van der Waals surface area contributed by atoms with Crippen LogP contribution in [0.2, 0.25) is 0 Å². The van der Waals surface area contributed by atoms with Crippen molar-refractivity contribution in [3.8, 4) is 0 Å². The van der Waals surface area contributed by atoms with Crippen LogP contribution in [-0.2, 0) is 0 Å². The second-order valence-corrected chi connectivity index (χ2v) is 6.02. The summed E-state index contributed by atoms with van der Waals surface area (Å²) in [5, 5.41) is 9.62. The van der Waals surface area contributed by atoms with Crippen LogP contribution in [-0.4, -0.2) is 58.3 Å². The van der Waals surface area contributed by atoms with Crippen molar-refractivity contribution in [2.24, 2.45) is 0 Å². The summed E-state index contributed by atoms with van der Waals surface area (Å²) in [6.07, 6.45) is -5.78. The van der Waals surface area contributed by atoms with Crippen LogP contribution in [0.1, 0.15) is 33.6 Å². The topological polar surface area (TPSA) is 60.9 Å². The molecule has 0 aliphatic carbocycles. The van der Waals surface area contributed by atoms with Gasteiger partial charge in [0.1, 0.15) is 5.82 Å². The van der Waals surface area contributed by atoms with Crippen molar-refractivity contribution in [3.05, 3.63) is 35.1 Å². The number of likely N-dealkylation sites (tertiary alicyclic amines) is 1. The Balaban J connectivity index is 1.69. The molecule has 0 unspecified atom stereocenters. The lowest BCUT2D eigenvalue weighted by Gasteiger charge is -2.39. The molecule has 0 atom stereocenters. The average molecular weight is 346 g/mol. The van der Waals surface area contributed by atoms with Crippen LogP contribution in [0.5, 0.6) is 0 Å². The van der Waals surface area contributed by atoms with E-state index in [1.165, 1.54) is 11.0 Å². The van der Waals surface area contributed by atoms with Gasteiger partial charge in [0.2, 0.25) is 0 Å². The van der Waals surface area contributed by atoms with E-state index in [0.717, 1.165) is 17.0 Å². The lowest BCUT2D eigenvalue weighted by atomic mass is 9.91. The van der Waals surface area contributed by atoms with E-state index in [1.807, 2.05) is 0 Å². The van der Waals surface area contributed by atoms with Gasteiger partial charge in [0, 0.05) is 13.1 Å². The van der Waals surface area contributed by atoms with Gasteiger partial charge in [-0.15, -0.1) is 0 Å². The molecule has 0 bridgehead atoms. The van der Waals surface area contributed by atoms with Gasteiger partial charge in [0.25, 0.3) is 11.8 Å². The molecule has 0 aromatic heterocycles. The molecule has 1 saturated heterocycles. The largest absolute Gasteiger partial charge is 0.417 e. The number of hydrogen-bond donors (Lipinski definition) is 1. The van der Waals surface area contributed by atoms with Crippen LogP contribution in [0.15, 0.2) is 18.2 Å². The molecule has 1 aromatic carbocycles. The number of imide groups is 1. The highest BCUT2D eigenvalue weighted by molar-refractivity contribution is 6.21. The number of amides is 2. The molecule has 2 amide bonds. The number of fused-ring (bicyclic) bond motifs is 1. The summed E-state index contributed by atoms with van der Waals surface area (Å²) in [6, 6.07) is 3.25. The number of nitrogens with zero attached hydrogens (tertiary/aromatic N) is 2. The quantitative estimate of drug-likeness (QED) is 0.655. The zero-order valence-electron chi connectivity index (χ0n) is 12.4. The molecule has 1 fully saturated rings. The summed E-state index contributed by atoms with van der Waals surface area (Å²) in [4.78, 5) is 26.8. The van der Waals surface area contributed by atoms with Crippen LogP contribution in [0.4, 0.5) is 17.6 Å². The molecule has 1 N–H and O–H groups in total. The maximum Gasteiger partial charge on any atom is 0.417 e. The minimum atomic E-state index is -4.72. The summed E-state index contributed by atoms with van der Waals surface area (Å²) in [5.41, 5.74) is -2.72. The minimum Gasteiger partial charge on any atom is -0.380 e. The number of piperidine rings is 1. The molecule has 24 heavy (non-hydrogen) atoms. The van der Waals surface area contributed by atoms with Gasteiger partial charge in [-0.2, -0.15) is 13.2 Å². The second kappa shape index (κ2) is 5.52. The lowest BCUT2D eigenvalue weighted by molar-refractivity contribution is -0.273. The molecular formula is C15H14F4N2O3. The van der Waals surface area contributed by atoms with Crippen molar-refractivity contribution >= 4 is 11.8 Å². The van der Waals surface area contributed by atoms with E-state index in [4.69, 9.17) is 0 Å². The maximum atomic E-state index is 13.2. The van der Waals surface area contributed by atoms with Crippen molar-refractivity contribution in [2.75, 3.05) is 19.8 Å². The van der Waals surface area contributed by atoms with Gasteiger partial charge in [-0.1, -0.05) is 0 Å². The van der Waals surface area contributed by atoms with Crippen molar-refractivity contribution in [1.82, 2.24) is 9.80 Å². The van der Waals surface area contributed by atoms with Gasteiger partial charge in [0.05, 0.1) is 17.8 Å². The SMILES string of the molecule is O=C1c2ccc(F)cc2C(=O)N1CN1CCC(O)(C(F)(F)F)CC1. The van der Waals surface area contributed by atoms with E-state index in [-0.39, 0.29) is 30.9 Å². The molecule has 130 valence electrons. The first-order valence-corrected chi connectivity index (χ1v) is 7.30. The molecule has 9 heteroatoms. The summed E-state index contributed by atoms with van der Waals surface area (Å²) in [6.45, 7) is -0.419. The van der Waals surface area contributed by atoms with Crippen molar-refractivity contribution < 1.29 is 32.3 Å². The number of carbonyl (C=O) groups is 2. The van der Waals surface area contributed by atoms with Gasteiger partial charge >= 0.3 is 6.18 Å². The monoisotopic (exact) mass is 346 g/mol. The molecule has 1 aromatic rings. The first-order chi connectivity index (χ1) is 11.1. The first kappa shape index (κ1) is 16.8. The Labute approximate surface area is 134 Å². The average Bonchev–Trinajstić information content (AvgIpc) is 2.73. The number of rotatable bonds is 2. The highest BCUT2D eigenvalue weighted by Crippen LogP contribution is 2.38. The fourth-order valence-electron chi connectivity index (χ4n) is 2.94. The van der Waals surface area contributed by atoms with Crippen LogP contribution in [0.25, 0.3) is 0 Å². The molecule has 2 aliphatic rings. The van der Waals surface area contributed by atoms with E-state index in [9.17, 15) is 32.3 Å². The molecule has 2 aliphatic heterocycles. The van der Waals surface area contributed by atoms with Crippen LogP contribution < -0.4 is 0 Å². The minimum absolute atomic E-state index is 0.0520. The Hall–Kier alpha value is -2.00. The molecule has 0 saturated carbocycles. The highest BCUT2D eigenvalue weighted by Gasteiger charge is 2.54. The Kier molecular flexibility index (Phi) is 3.88. The fraction of sp³-hybridized carbons (Fsp3) is 0.467. The molecule has 3 rings (SSSR count). The zero-order chi connectivity index (χ0) is 17.7. The Bertz CT molecular complexity index is 696. The third kappa shape index (κ3) is 2.67. The fourth-order valence-corrected chi connectivity index (χ4v) is 2.94.